The Morgan fingerprint density at radius 2 is 2.04 bits per heavy atom. The van der Waals surface area contributed by atoms with Crippen molar-refractivity contribution >= 4 is 11.9 Å². The molecule has 1 aromatic heterocycles. The number of carbonyl (C=O) groups excluding carboxylic acids is 2. The molecule has 27 heavy (non-hydrogen) atoms. The minimum atomic E-state index is -0.241. The molecule has 2 heterocycles. The molecular formula is C21H27N3O3. The predicted molar refractivity (Wildman–Crippen MR) is 103 cm³/mol. The number of aromatic nitrogens is 2. The number of hydrogen-bond donors (Lipinski definition) is 0. The zero-order chi connectivity index (χ0) is 19.6. The topological polar surface area (TPSA) is 64.4 Å². The van der Waals surface area contributed by atoms with Crippen LogP contribution in [-0.2, 0) is 9.53 Å². The fourth-order valence-corrected chi connectivity index (χ4v) is 3.74. The van der Waals surface area contributed by atoms with Gasteiger partial charge in [0.2, 0.25) is 0 Å². The lowest BCUT2D eigenvalue weighted by atomic mass is 9.97. The van der Waals surface area contributed by atoms with Crippen LogP contribution in [0.2, 0.25) is 0 Å². The zero-order valence-electron chi connectivity index (χ0n) is 16.5. The van der Waals surface area contributed by atoms with Crippen molar-refractivity contribution in [2.24, 2.45) is 5.92 Å². The number of carbonyl (C=O) groups is 2. The van der Waals surface area contributed by atoms with Crippen LogP contribution in [0.1, 0.15) is 47.1 Å². The highest BCUT2D eigenvalue weighted by Crippen LogP contribution is 2.24. The van der Waals surface area contributed by atoms with E-state index in [0.717, 1.165) is 29.8 Å². The summed E-state index contributed by atoms with van der Waals surface area (Å²) in [7, 11) is 0. The van der Waals surface area contributed by atoms with E-state index in [2.05, 4.69) is 5.10 Å². The summed E-state index contributed by atoms with van der Waals surface area (Å²) in [6.07, 6.45) is 1.57. The van der Waals surface area contributed by atoms with Crippen LogP contribution in [0.25, 0.3) is 5.69 Å². The molecule has 1 saturated heterocycles. The molecule has 3 rings (SSSR count). The summed E-state index contributed by atoms with van der Waals surface area (Å²) < 4.78 is 6.96. The number of likely N-dealkylation sites (tertiary alicyclic amines) is 1. The van der Waals surface area contributed by atoms with Crippen molar-refractivity contribution in [2.45, 2.75) is 40.5 Å². The maximum atomic E-state index is 13.2. The second-order valence-corrected chi connectivity index (χ2v) is 7.14. The van der Waals surface area contributed by atoms with Crippen molar-refractivity contribution in [3.05, 3.63) is 46.8 Å². The molecular weight excluding hydrogens is 342 g/mol. The second kappa shape index (κ2) is 7.94. The van der Waals surface area contributed by atoms with Crippen LogP contribution in [0.15, 0.2) is 24.3 Å². The summed E-state index contributed by atoms with van der Waals surface area (Å²) in [6.45, 7) is 9.04. The van der Waals surface area contributed by atoms with E-state index in [4.69, 9.17) is 4.74 Å². The number of hydrogen-bond acceptors (Lipinski definition) is 4. The van der Waals surface area contributed by atoms with E-state index in [9.17, 15) is 9.59 Å². The number of benzene rings is 1. The molecule has 144 valence electrons. The summed E-state index contributed by atoms with van der Waals surface area (Å²) in [5.41, 5.74) is 4.23. The lowest BCUT2D eigenvalue weighted by Gasteiger charge is -2.31. The van der Waals surface area contributed by atoms with Crippen molar-refractivity contribution in [3.8, 4) is 5.69 Å². The lowest BCUT2D eigenvalue weighted by molar-refractivity contribution is -0.149. The van der Waals surface area contributed by atoms with Crippen molar-refractivity contribution in [3.63, 3.8) is 0 Å². The van der Waals surface area contributed by atoms with E-state index in [-0.39, 0.29) is 17.8 Å². The van der Waals surface area contributed by atoms with Crippen molar-refractivity contribution in [1.82, 2.24) is 14.7 Å². The molecule has 0 spiro atoms. The number of nitrogens with zero attached hydrogens (tertiary/aromatic N) is 3. The Labute approximate surface area is 160 Å². The molecule has 6 nitrogen and oxygen atoms in total. The van der Waals surface area contributed by atoms with E-state index in [1.54, 1.807) is 11.8 Å². The fraction of sp³-hybridized carbons (Fsp3) is 0.476. The van der Waals surface area contributed by atoms with Crippen LogP contribution in [0, 0.1) is 26.7 Å². The van der Waals surface area contributed by atoms with Crippen molar-refractivity contribution in [2.75, 3.05) is 19.7 Å². The number of amides is 1. The van der Waals surface area contributed by atoms with Gasteiger partial charge in [-0.2, -0.15) is 5.10 Å². The molecule has 6 heteroatoms. The summed E-state index contributed by atoms with van der Waals surface area (Å²) in [5, 5.41) is 4.60. The third-order valence-corrected chi connectivity index (χ3v) is 5.08. The normalized spacial score (nSPS) is 17.0. The SMILES string of the molecule is CCOC(=O)[C@H]1CCCN(C(=O)c2c(C)nn(-c3cccc(C)c3)c2C)C1. The molecule has 0 radical (unpaired) electrons. The van der Waals surface area contributed by atoms with Crippen LogP contribution in [-0.4, -0.2) is 46.3 Å². The fourth-order valence-electron chi connectivity index (χ4n) is 3.74. The standard InChI is InChI=1S/C21H27N3O3/c1-5-27-21(26)17-9-7-11-23(13-17)20(25)19-15(3)22-24(16(19)4)18-10-6-8-14(2)12-18/h6,8,10,12,17H,5,7,9,11,13H2,1-4H3/t17-/m0/s1. The van der Waals surface area contributed by atoms with Gasteiger partial charge in [0, 0.05) is 13.1 Å². The predicted octanol–water partition coefficient (Wildman–Crippen LogP) is 3.21. The smallest absolute Gasteiger partial charge is 0.310 e. The molecule has 1 aliphatic heterocycles. The Kier molecular flexibility index (Phi) is 5.63. The minimum absolute atomic E-state index is 0.0575. The van der Waals surface area contributed by atoms with Gasteiger partial charge < -0.3 is 9.64 Å². The Balaban J connectivity index is 1.86. The molecule has 1 atom stereocenters. The van der Waals surface area contributed by atoms with Gasteiger partial charge in [-0.05, 0) is 58.2 Å². The number of aryl methyl sites for hydroxylation is 2. The minimum Gasteiger partial charge on any atom is -0.466 e. The number of piperidine rings is 1. The van der Waals surface area contributed by atoms with Gasteiger partial charge in [-0.3, -0.25) is 9.59 Å². The Hall–Kier alpha value is -2.63. The molecule has 0 N–H and O–H groups in total. The molecule has 1 amide bonds. The van der Waals surface area contributed by atoms with Crippen LogP contribution < -0.4 is 0 Å². The molecule has 2 aromatic rings. The van der Waals surface area contributed by atoms with E-state index in [0.29, 0.717) is 31.0 Å². The molecule has 1 fully saturated rings. The molecule has 0 bridgehead atoms. The summed E-state index contributed by atoms with van der Waals surface area (Å²) in [5.74, 6) is -0.508. The third kappa shape index (κ3) is 3.89. The quantitative estimate of drug-likeness (QED) is 0.776. The van der Waals surface area contributed by atoms with Gasteiger partial charge in [-0.1, -0.05) is 12.1 Å². The van der Waals surface area contributed by atoms with Crippen molar-refractivity contribution in [1.29, 1.82) is 0 Å². The van der Waals surface area contributed by atoms with Crippen LogP contribution in [0.4, 0.5) is 0 Å². The van der Waals surface area contributed by atoms with Gasteiger partial charge in [-0.25, -0.2) is 4.68 Å². The maximum Gasteiger partial charge on any atom is 0.310 e. The molecule has 0 aliphatic carbocycles. The largest absolute Gasteiger partial charge is 0.466 e. The monoisotopic (exact) mass is 369 g/mol. The van der Waals surface area contributed by atoms with Gasteiger partial charge in [0.25, 0.3) is 5.91 Å². The third-order valence-electron chi connectivity index (χ3n) is 5.08. The highest BCUT2D eigenvalue weighted by atomic mass is 16.5. The molecule has 1 aromatic carbocycles. The first kappa shape index (κ1) is 19.1. The van der Waals surface area contributed by atoms with Crippen LogP contribution >= 0.6 is 0 Å². The highest BCUT2D eigenvalue weighted by molar-refractivity contribution is 5.97. The zero-order valence-corrected chi connectivity index (χ0v) is 16.5. The Bertz CT molecular complexity index is 856. The average molecular weight is 369 g/mol. The van der Waals surface area contributed by atoms with Gasteiger partial charge >= 0.3 is 5.97 Å². The molecule has 0 unspecified atom stereocenters. The van der Waals surface area contributed by atoms with Crippen LogP contribution in [0.5, 0.6) is 0 Å². The van der Waals surface area contributed by atoms with Gasteiger partial charge in [0.05, 0.1) is 35.2 Å². The lowest BCUT2D eigenvalue weighted by Crippen LogP contribution is -2.43. The number of ether oxygens (including phenoxy) is 1. The molecule has 0 saturated carbocycles. The first-order valence-electron chi connectivity index (χ1n) is 9.51. The van der Waals surface area contributed by atoms with E-state index >= 15 is 0 Å². The maximum absolute atomic E-state index is 13.2. The summed E-state index contributed by atoms with van der Waals surface area (Å²) >= 11 is 0. The van der Waals surface area contributed by atoms with Gasteiger partial charge in [0.15, 0.2) is 0 Å². The van der Waals surface area contributed by atoms with Crippen LogP contribution in [0.3, 0.4) is 0 Å². The van der Waals surface area contributed by atoms with Gasteiger partial charge in [0.1, 0.15) is 0 Å². The first-order chi connectivity index (χ1) is 12.9. The van der Waals surface area contributed by atoms with Gasteiger partial charge in [-0.15, -0.1) is 0 Å². The molecule has 1 aliphatic rings. The first-order valence-corrected chi connectivity index (χ1v) is 9.51. The average Bonchev–Trinajstić information content (AvgIpc) is 2.96. The summed E-state index contributed by atoms with van der Waals surface area (Å²) in [6, 6.07) is 8.05. The highest BCUT2D eigenvalue weighted by Gasteiger charge is 2.32. The van der Waals surface area contributed by atoms with Crippen molar-refractivity contribution < 1.29 is 14.3 Å². The van der Waals surface area contributed by atoms with E-state index in [1.165, 1.54) is 0 Å². The van der Waals surface area contributed by atoms with E-state index in [1.807, 2.05) is 49.7 Å². The Morgan fingerprint density at radius 1 is 1.26 bits per heavy atom. The second-order valence-electron chi connectivity index (χ2n) is 7.14. The number of rotatable bonds is 4. The summed E-state index contributed by atoms with van der Waals surface area (Å²) in [4.78, 5) is 27.0. The Morgan fingerprint density at radius 3 is 2.74 bits per heavy atom. The van der Waals surface area contributed by atoms with E-state index < -0.39 is 0 Å². The number of esters is 1.